The fourth-order valence-electron chi connectivity index (χ4n) is 4.03. The van der Waals surface area contributed by atoms with Crippen molar-refractivity contribution in [2.75, 3.05) is 20.8 Å². The highest BCUT2D eigenvalue weighted by Crippen LogP contribution is 2.27. The molecule has 7 heteroatoms. The molecule has 4 rings (SSSR count). The van der Waals surface area contributed by atoms with Crippen molar-refractivity contribution in [1.29, 1.82) is 0 Å². The molecule has 7 nitrogen and oxygen atoms in total. The van der Waals surface area contributed by atoms with Gasteiger partial charge in [0.05, 0.1) is 38.4 Å². The van der Waals surface area contributed by atoms with Crippen molar-refractivity contribution in [3.8, 4) is 17.2 Å². The number of aromatic nitrogens is 2. The van der Waals surface area contributed by atoms with E-state index in [9.17, 15) is 4.79 Å². The van der Waals surface area contributed by atoms with Gasteiger partial charge in [0.2, 0.25) is 0 Å². The third kappa shape index (κ3) is 5.40. The third-order valence-corrected chi connectivity index (χ3v) is 6.12. The fourth-order valence-corrected chi connectivity index (χ4v) is 4.03. The van der Waals surface area contributed by atoms with Crippen LogP contribution in [-0.2, 0) is 13.1 Å². The molecule has 182 valence electrons. The fraction of sp³-hybridized carbons (Fsp3) is 0.286. The zero-order valence-electron chi connectivity index (χ0n) is 20.6. The average Bonchev–Trinajstić information content (AvgIpc) is 3.24. The van der Waals surface area contributed by atoms with Gasteiger partial charge in [-0.2, -0.15) is 0 Å². The summed E-state index contributed by atoms with van der Waals surface area (Å²) in [5, 5.41) is 2.99. The van der Waals surface area contributed by atoms with Crippen LogP contribution in [0.1, 0.15) is 33.7 Å². The van der Waals surface area contributed by atoms with Gasteiger partial charge in [0.25, 0.3) is 5.91 Å². The minimum atomic E-state index is -0.206. The molecule has 0 radical (unpaired) electrons. The van der Waals surface area contributed by atoms with Crippen molar-refractivity contribution in [3.05, 3.63) is 83.2 Å². The number of carbonyl (C=O) groups excluding carboxylic acids is 1. The lowest BCUT2D eigenvalue weighted by atomic mass is 10.1. The number of para-hydroxylation sites is 2. The number of aryl methyl sites for hydroxylation is 2. The maximum atomic E-state index is 12.8. The molecule has 0 spiro atoms. The first kappa shape index (κ1) is 24.1. The highest BCUT2D eigenvalue weighted by atomic mass is 16.5. The SMILES string of the molecule is COc1ccc(C(=O)NCc2nc3ccccc3n2CCCOc2cccc(C)c2C)cc1OC. The van der Waals surface area contributed by atoms with Crippen LogP contribution in [0, 0.1) is 13.8 Å². The Morgan fingerprint density at radius 1 is 0.943 bits per heavy atom. The number of amides is 1. The number of ether oxygens (including phenoxy) is 3. The van der Waals surface area contributed by atoms with Crippen molar-refractivity contribution in [2.24, 2.45) is 0 Å². The predicted molar refractivity (Wildman–Crippen MR) is 136 cm³/mol. The number of methoxy groups -OCH3 is 2. The Morgan fingerprint density at radius 3 is 2.54 bits per heavy atom. The maximum absolute atomic E-state index is 12.8. The minimum absolute atomic E-state index is 0.206. The highest BCUT2D eigenvalue weighted by Gasteiger charge is 2.14. The van der Waals surface area contributed by atoms with Crippen molar-refractivity contribution in [3.63, 3.8) is 0 Å². The van der Waals surface area contributed by atoms with E-state index in [0.29, 0.717) is 30.2 Å². The Kier molecular flexibility index (Phi) is 7.55. The Bertz CT molecular complexity index is 1330. The summed E-state index contributed by atoms with van der Waals surface area (Å²) in [5.74, 6) is 2.60. The van der Waals surface area contributed by atoms with Crippen LogP contribution in [0.3, 0.4) is 0 Å². The van der Waals surface area contributed by atoms with Crippen LogP contribution in [0.2, 0.25) is 0 Å². The topological polar surface area (TPSA) is 74.6 Å². The number of rotatable bonds is 10. The molecule has 3 aromatic carbocycles. The molecule has 1 heterocycles. The minimum Gasteiger partial charge on any atom is -0.493 e. The van der Waals surface area contributed by atoms with Crippen molar-refractivity contribution in [1.82, 2.24) is 14.9 Å². The summed E-state index contributed by atoms with van der Waals surface area (Å²) in [4.78, 5) is 17.6. The molecule has 0 fully saturated rings. The number of fused-ring (bicyclic) bond motifs is 1. The van der Waals surface area contributed by atoms with Gasteiger partial charge in [0.1, 0.15) is 11.6 Å². The number of imidazole rings is 1. The van der Waals surface area contributed by atoms with Gasteiger partial charge >= 0.3 is 0 Å². The van der Waals surface area contributed by atoms with E-state index in [2.05, 4.69) is 29.8 Å². The molecule has 0 saturated carbocycles. The molecule has 35 heavy (non-hydrogen) atoms. The first-order valence-electron chi connectivity index (χ1n) is 11.6. The third-order valence-electron chi connectivity index (χ3n) is 6.12. The zero-order chi connectivity index (χ0) is 24.8. The van der Waals surface area contributed by atoms with Crippen molar-refractivity contribution < 1.29 is 19.0 Å². The van der Waals surface area contributed by atoms with E-state index in [-0.39, 0.29) is 5.91 Å². The van der Waals surface area contributed by atoms with Crippen molar-refractivity contribution in [2.45, 2.75) is 33.4 Å². The van der Waals surface area contributed by atoms with E-state index in [4.69, 9.17) is 19.2 Å². The van der Waals surface area contributed by atoms with Gasteiger partial charge in [-0.1, -0.05) is 24.3 Å². The molecule has 0 aliphatic carbocycles. The summed E-state index contributed by atoms with van der Waals surface area (Å²) in [7, 11) is 3.11. The van der Waals surface area contributed by atoms with Crippen LogP contribution in [0.4, 0.5) is 0 Å². The van der Waals surface area contributed by atoms with Crippen molar-refractivity contribution >= 4 is 16.9 Å². The van der Waals surface area contributed by atoms with Crippen LogP contribution in [0.5, 0.6) is 17.2 Å². The second kappa shape index (κ2) is 11.0. The van der Waals surface area contributed by atoms with Gasteiger partial charge in [0, 0.05) is 12.1 Å². The lowest BCUT2D eigenvalue weighted by Crippen LogP contribution is -2.25. The summed E-state index contributed by atoms with van der Waals surface area (Å²) < 4.78 is 18.8. The summed E-state index contributed by atoms with van der Waals surface area (Å²) in [6.45, 7) is 5.79. The maximum Gasteiger partial charge on any atom is 0.251 e. The molecular weight excluding hydrogens is 442 g/mol. The van der Waals surface area contributed by atoms with E-state index < -0.39 is 0 Å². The largest absolute Gasteiger partial charge is 0.493 e. The lowest BCUT2D eigenvalue weighted by Gasteiger charge is -2.13. The van der Waals surface area contributed by atoms with Crippen LogP contribution < -0.4 is 19.5 Å². The quantitative estimate of drug-likeness (QED) is 0.326. The highest BCUT2D eigenvalue weighted by molar-refractivity contribution is 5.94. The number of benzene rings is 3. The molecule has 0 atom stereocenters. The summed E-state index contributed by atoms with van der Waals surface area (Å²) in [5.41, 5.74) is 4.81. The average molecular weight is 474 g/mol. The van der Waals surface area contributed by atoms with E-state index in [0.717, 1.165) is 35.6 Å². The first-order chi connectivity index (χ1) is 17.0. The molecule has 4 aromatic rings. The molecule has 1 N–H and O–H groups in total. The van der Waals surface area contributed by atoms with Gasteiger partial charge in [-0.05, 0) is 67.8 Å². The summed E-state index contributed by atoms with van der Waals surface area (Å²) >= 11 is 0. The second-order valence-corrected chi connectivity index (χ2v) is 8.32. The smallest absolute Gasteiger partial charge is 0.251 e. The molecule has 0 aliphatic rings. The van der Waals surface area contributed by atoms with Crippen LogP contribution in [0.25, 0.3) is 11.0 Å². The van der Waals surface area contributed by atoms with Gasteiger partial charge < -0.3 is 24.1 Å². The molecule has 1 aromatic heterocycles. The van der Waals surface area contributed by atoms with E-state index >= 15 is 0 Å². The molecule has 0 bridgehead atoms. The Hall–Kier alpha value is -4.00. The monoisotopic (exact) mass is 473 g/mol. The normalized spacial score (nSPS) is 10.9. The van der Waals surface area contributed by atoms with E-state index in [1.165, 1.54) is 11.1 Å². The van der Waals surface area contributed by atoms with Gasteiger partial charge in [-0.15, -0.1) is 0 Å². The van der Waals surface area contributed by atoms with Crippen LogP contribution in [0.15, 0.2) is 60.7 Å². The summed E-state index contributed by atoms with van der Waals surface area (Å²) in [6.07, 6.45) is 0.810. The van der Waals surface area contributed by atoms with E-state index in [1.54, 1.807) is 32.4 Å². The standard InChI is InChI=1S/C28H31N3O4/c1-19-9-7-12-24(20(19)2)35-16-8-15-31-23-11-6-5-10-22(23)30-27(31)18-29-28(32)21-13-14-25(33-3)26(17-21)34-4/h5-7,9-14,17H,8,15-16,18H2,1-4H3,(H,29,32). The number of nitrogens with zero attached hydrogens (tertiary/aromatic N) is 2. The zero-order valence-corrected chi connectivity index (χ0v) is 20.6. The number of hydrogen-bond acceptors (Lipinski definition) is 5. The van der Waals surface area contributed by atoms with Crippen LogP contribution in [-0.4, -0.2) is 36.3 Å². The molecule has 0 unspecified atom stereocenters. The van der Waals surface area contributed by atoms with Gasteiger partial charge in [0.15, 0.2) is 11.5 Å². The lowest BCUT2D eigenvalue weighted by molar-refractivity contribution is 0.0949. The second-order valence-electron chi connectivity index (χ2n) is 8.32. The number of hydrogen-bond donors (Lipinski definition) is 1. The van der Waals surface area contributed by atoms with Gasteiger partial charge in [-0.3, -0.25) is 4.79 Å². The molecule has 1 amide bonds. The molecule has 0 aliphatic heterocycles. The first-order valence-corrected chi connectivity index (χ1v) is 11.6. The van der Waals surface area contributed by atoms with E-state index in [1.807, 2.05) is 36.4 Å². The molecular formula is C28H31N3O4. The Labute approximate surface area is 205 Å². The van der Waals surface area contributed by atoms with Crippen LogP contribution >= 0.6 is 0 Å². The molecule has 0 saturated heterocycles. The Balaban J connectivity index is 1.44. The van der Waals surface area contributed by atoms with Gasteiger partial charge in [-0.25, -0.2) is 4.98 Å². The predicted octanol–water partition coefficient (Wildman–Crippen LogP) is 5.07. The number of nitrogens with one attached hydrogen (secondary N) is 1. The Morgan fingerprint density at radius 2 is 1.74 bits per heavy atom. The number of carbonyl (C=O) groups is 1. The summed E-state index contributed by atoms with van der Waals surface area (Å²) in [6, 6.07) is 19.2.